The van der Waals surface area contributed by atoms with Gasteiger partial charge in [0.25, 0.3) is 0 Å². The van der Waals surface area contributed by atoms with Crippen LogP contribution in [-0.4, -0.2) is 25.2 Å². The highest BCUT2D eigenvalue weighted by Gasteiger charge is 2.32. The second-order valence-electron chi connectivity index (χ2n) is 6.13. The Morgan fingerprint density at radius 1 is 0.913 bits per heavy atom. The van der Waals surface area contributed by atoms with Crippen LogP contribution in [0.4, 0.5) is 5.69 Å². The van der Waals surface area contributed by atoms with Crippen molar-refractivity contribution >= 4 is 11.3 Å². The zero-order chi connectivity index (χ0) is 15.6. The second kappa shape index (κ2) is 5.99. The first-order valence-electron chi connectivity index (χ1n) is 8.33. The maximum Gasteiger partial charge on any atom is 0.119 e. The molecule has 2 aromatic rings. The van der Waals surface area contributed by atoms with Crippen LogP contribution in [0.25, 0.3) is 5.57 Å². The summed E-state index contributed by atoms with van der Waals surface area (Å²) in [7, 11) is 1.73. The van der Waals surface area contributed by atoms with E-state index in [0.717, 1.165) is 25.3 Å². The van der Waals surface area contributed by atoms with E-state index in [1.807, 2.05) is 6.07 Å². The molecular weight excluding hydrogens is 284 g/mol. The lowest BCUT2D eigenvalue weighted by atomic mass is 9.99. The lowest BCUT2D eigenvalue weighted by molar-refractivity contribution is 0.294. The van der Waals surface area contributed by atoms with Gasteiger partial charge in [0.2, 0.25) is 0 Å². The quantitative estimate of drug-likeness (QED) is 0.839. The third kappa shape index (κ3) is 2.56. The molecule has 118 valence electrons. The number of ether oxygens (including phenoxy) is 1. The number of hydrogen-bond acceptors (Lipinski definition) is 3. The van der Waals surface area contributed by atoms with Crippen LogP contribution in [0.15, 0.2) is 60.3 Å². The largest absolute Gasteiger partial charge is 0.497 e. The maximum atomic E-state index is 5.41. The van der Waals surface area contributed by atoms with E-state index < -0.39 is 0 Å². The van der Waals surface area contributed by atoms with Crippen molar-refractivity contribution in [3.63, 3.8) is 0 Å². The predicted molar refractivity (Wildman–Crippen MR) is 94.3 cm³/mol. The van der Waals surface area contributed by atoms with Crippen LogP contribution in [0.3, 0.4) is 0 Å². The Balaban J connectivity index is 1.73. The molecule has 0 atom stereocenters. The molecule has 0 radical (unpaired) electrons. The standard InChI is InChI=1S/C20H22N2O/c1-23-18-11-7-8-16(14-18)19-15-22(17-9-3-2-4-10-17)21-13-6-5-12-20(19)21/h2-4,7-11,14H,5-6,12-13,15H2,1H3. The second-order valence-corrected chi connectivity index (χ2v) is 6.13. The van der Waals surface area contributed by atoms with Crippen LogP contribution in [0.1, 0.15) is 24.8 Å². The average molecular weight is 306 g/mol. The molecule has 0 aliphatic carbocycles. The maximum absolute atomic E-state index is 5.41. The molecule has 0 unspecified atom stereocenters. The topological polar surface area (TPSA) is 15.7 Å². The summed E-state index contributed by atoms with van der Waals surface area (Å²) in [5.74, 6) is 0.927. The van der Waals surface area contributed by atoms with Crippen LogP contribution in [0.2, 0.25) is 0 Å². The Morgan fingerprint density at radius 3 is 2.61 bits per heavy atom. The fourth-order valence-corrected chi connectivity index (χ4v) is 3.62. The van der Waals surface area contributed by atoms with Crippen molar-refractivity contribution in [2.24, 2.45) is 0 Å². The van der Waals surface area contributed by atoms with Crippen molar-refractivity contribution in [2.75, 3.05) is 25.2 Å². The molecule has 3 nitrogen and oxygen atoms in total. The van der Waals surface area contributed by atoms with Gasteiger partial charge in [-0.15, -0.1) is 0 Å². The molecule has 0 aromatic heterocycles. The van der Waals surface area contributed by atoms with Gasteiger partial charge in [0, 0.05) is 17.8 Å². The number of piperidine rings is 1. The molecule has 2 aliphatic heterocycles. The molecular formula is C20H22N2O. The molecule has 0 spiro atoms. The van der Waals surface area contributed by atoms with Crippen molar-refractivity contribution in [3.8, 4) is 5.75 Å². The van der Waals surface area contributed by atoms with Crippen LogP contribution in [-0.2, 0) is 0 Å². The molecule has 0 saturated carbocycles. The summed E-state index contributed by atoms with van der Waals surface area (Å²) in [6.07, 6.45) is 3.70. The van der Waals surface area contributed by atoms with E-state index in [-0.39, 0.29) is 0 Å². The molecule has 2 aromatic carbocycles. The van der Waals surface area contributed by atoms with Crippen LogP contribution in [0.5, 0.6) is 5.75 Å². The number of rotatable bonds is 3. The average Bonchev–Trinajstić information content (AvgIpc) is 3.02. The molecule has 0 bridgehead atoms. The lowest BCUT2D eigenvalue weighted by Gasteiger charge is -2.36. The van der Waals surface area contributed by atoms with Crippen molar-refractivity contribution in [2.45, 2.75) is 19.3 Å². The van der Waals surface area contributed by atoms with Crippen molar-refractivity contribution < 1.29 is 4.74 Å². The van der Waals surface area contributed by atoms with Gasteiger partial charge in [0.15, 0.2) is 0 Å². The summed E-state index contributed by atoms with van der Waals surface area (Å²) in [5, 5.41) is 4.90. The van der Waals surface area contributed by atoms with E-state index in [2.05, 4.69) is 58.5 Å². The number of nitrogens with zero attached hydrogens (tertiary/aromatic N) is 2. The highest BCUT2D eigenvalue weighted by molar-refractivity contribution is 5.76. The SMILES string of the molecule is COc1cccc(C2=C3CCCCN3N(c3ccccc3)C2)c1. The summed E-state index contributed by atoms with van der Waals surface area (Å²) in [6, 6.07) is 19.1. The van der Waals surface area contributed by atoms with E-state index in [0.29, 0.717) is 0 Å². The highest BCUT2D eigenvalue weighted by Crippen LogP contribution is 2.39. The summed E-state index contributed by atoms with van der Waals surface area (Å²) >= 11 is 0. The van der Waals surface area contributed by atoms with Crippen molar-refractivity contribution in [3.05, 3.63) is 65.9 Å². The molecule has 2 aliphatic rings. The normalized spacial score (nSPS) is 17.4. The van der Waals surface area contributed by atoms with Gasteiger partial charge in [-0.3, -0.25) is 10.0 Å². The zero-order valence-corrected chi connectivity index (χ0v) is 13.5. The smallest absolute Gasteiger partial charge is 0.119 e. The summed E-state index contributed by atoms with van der Waals surface area (Å²) in [4.78, 5) is 0. The van der Waals surface area contributed by atoms with Crippen LogP contribution >= 0.6 is 0 Å². The summed E-state index contributed by atoms with van der Waals surface area (Å²) < 4.78 is 5.41. The summed E-state index contributed by atoms with van der Waals surface area (Å²) in [6.45, 7) is 2.05. The van der Waals surface area contributed by atoms with E-state index in [4.69, 9.17) is 4.74 Å². The first-order chi connectivity index (χ1) is 11.4. The van der Waals surface area contributed by atoms with Gasteiger partial charge in [-0.1, -0.05) is 30.3 Å². The van der Waals surface area contributed by atoms with Gasteiger partial charge in [-0.05, 0) is 49.1 Å². The van der Waals surface area contributed by atoms with Gasteiger partial charge >= 0.3 is 0 Å². The number of hydrogen-bond donors (Lipinski definition) is 0. The molecule has 0 amide bonds. The number of anilines is 1. The van der Waals surface area contributed by atoms with Gasteiger partial charge < -0.3 is 4.74 Å². The molecule has 4 rings (SSSR count). The number of hydrazine groups is 1. The van der Waals surface area contributed by atoms with Gasteiger partial charge in [0.1, 0.15) is 5.75 Å². The molecule has 2 heterocycles. The molecule has 0 N–H and O–H groups in total. The fraction of sp³-hybridized carbons (Fsp3) is 0.300. The molecule has 3 heteroatoms. The van der Waals surface area contributed by atoms with E-state index >= 15 is 0 Å². The Bertz CT molecular complexity index is 723. The van der Waals surface area contributed by atoms with E-state index in [9.17, 15) is 0 Å². The Hall–Kier alpha value is -2.42. The molecule has 1 saturated heterocycles. The Kier molecular flexibility index (Phi) is 3.70. The first kappa shape index (κ1) is 14.2. The lowest BCUT2D eigenvalue weighted by Crippen LogP contribution is -2.39. The zero-order valence-electron chi connectivity index (χ0n) is 13.5. The highest BCUT2D eigenvalue weighted by atomic mass is 16.5. The minimum Gasteiger partial charge on any atom is -0.497 e. The number of para-hydroxylation sites is 1. The minimum atomic E-state index is 0.927. The number of fused-ring (bicyclic) bond motifs is 1. The first-order valence-corrected chi connectivity index (χ1v) is 8.33. The monoisotopic (exact) mass is 306 g/mol. The van der Waals surface area contributed by atoms with Crippen LogP contribution in [0, 0.1) is 0 Å². The predicted octanol–water partition coefficient (Wildman–Crippen LogP) is 4.33. The van der Waals surface area contributed by atoms with E-state index in [1.165, 1.54) is 35.4 Å². The van der Waals surface area contributed by atoms with E-state index in [1.54, 1.807) is 7.11 Å². The van der Waals surface area contributed by atoms with Gasteiger partial charge in [0.05, 0.1) is 19.3 Å². The Labute approximate surface area is 137 Å². The third-order valence-electron chi connectivity index (χ3n) is 4.77. The number of benzene rings is 2. The van der Waals surface area contributed by atoms with Gasteiger partial charge in [-0.25, -0.2) is 0 Å². The summed E-state index contributed by atoms with van der Waals surface area (Å²) in [5.41, 5.74) is 5.47. The van der Waals surface area contributed by atoms with Crippen molar-refractivity contribution in [1.82, 2.24) is 5.01 Å². The number of methoxy groups -OCH3 is 1. The molecule has 1 fully saturated rings. The third-order valence-corrected chi connectivity index (χ3v) is 4.77. The number of allylic oxidation sites excluding steroid dienone is 1. The van der Waals surface area contributed by atoms with Gasteiger partial charge in [-0.2, -0.15) is 0 Å². The van der Waals surface area contributed by atoms with Crippen LogP contribution < -0.4 is 9.75 Å². The van der Waals surface area contributed by atoms with Crippen molar-refractivity contribution in [1.29, 1.82) is 0 Å². The minimum absolute atomic E-state index is 0.927. The fourth-order valence-electron chi connectivity index (χ4n) is 3.62. The Morgan fingerprint density at radius 2 is 1.78 bits per heavy atom. The molecule has 23 heavy (non-hydrogen) atoms.